The van der Waals surface area contributed by atoms with Crippen LogP contribution in [0, 0.1) is 23.7 Å². The molecule has 0 aromatic heterocycles. The van der Waals surface area contributed by atoms with Crippen molar-refractivity contribution in [2.45, 2.75) is 32.8 Å². The van der Waals surface area contributed by atoms with E-state index in [4.69, 9.17) is 4.74 Å². The fourth-order valence-electron chi connectivity index (χ4n) is 4.46. The Morgan fingerprint density at radius 3 is 2.27 bits per heavy atom. The van der Waals surface area contributed by atoms with Gasteiger partial charge in [-0.25, -0.2) is 4.79 Å². The Morgan fingerprint density at radius 2 is 1.73 bits per heavy atom. The topological polar surface area (TPSA) is 103 Å². The molecule has 0 spiro atoms. The summed E-state index contributed by atoms with van der Waals surface area (Å²) in [5.74, 6) is 0.614. The molecule has 3 rings (SSSR count). The van der Waals surface area contributed by atoms with Crippen LogP contribution in [-0.4, -0.2) is 79.5 Å². The number of rotatable bonds is 6. The van der Waals surface area contributed by atoms with Gasteiger partial charge in [-0.3, -0.25) is 19.5 Å². The van der Waals surface area contributed by atoms with E-state index in [1.807, 2.05) is 20.8 Å². The van der Waals surface area contributed by atoms with Crippen LogP contribution >= 0.6 is 0 Å². The Kier molecular flexibility index (Phi) is 6.38. The van der Waals surface area contributed by atoms with Crippen molar-refractivity contribution in [1.29, 1.82) is 0 Å². The Balaban J connectivity index is 1.39. The van der Waals surface area contributed by atoms with E-state index in [-0.39, 0.29) is 41.6 Å². The third-order valence-electron chi connectivity index (χ3n) is 5.86. The summed E-state index contributed by atoms with van der Waals surface area (Å²) in [5.41, 5.74) is -0.533. The monoisotopic (exact) mass is 419 g/mol. The van der Waals surface area contributed by atoms with Crippen LogP contribution in [0.5, 0.6) is 0 Å². The van der Waals surface area contributed by atoms with E-state index in [9.17, 15) is 14.4 Å². The normalized spacial score (nSPS) is 27.5. The number of carbonyl (C=O) groups excluding carboxylic acids is 3. The van der Waals surface area contributed by atoms with Crippen molar-refractivity contribution in [2.75, 3.05) is 40.3 Å². The van der Waals surface area contributed by atoms with Gasteiger partial charge in [0.15, 0.2) is 5.96 Å². The molecular formula is C21H33N5O4. The van der Waals surface area contributed by atoms with Gasteiger partial charge in [0.2, 0.25) is 11.8 Å². The van der Waals surface area contributed by atoms with Gasteiger partial charge < -0.3 is 20.3 Å². The lowest BCUT2D eigenvalue weighted by Gasteiger charge is -2.25. The van der Waals surface area contributed by atoms with Gasteiger partial charge in [0.05, 0.1) is 11.8 Å². The zero-order chi connectivity index (χ0) is 22.1. The predicted octanol–water partition coefficient (Wildman–Crippen LogP) is 0.825. The van der Waals surface area contributed by atoms with Crippen molar-refractivity contribution in [3.63, 3.8) is 0 Å². The molecular weight excluding hydrogens is 386 g/mol. The van der Waals surface area contributed by atoms with Crippen LogP contribution in [0.25, 0.3) is 0 Å². The van der Waals surface area contributed by atoms with Crippen LogP contribution in [-0.2, 0) is 14.3 Å². The highest BCUT2D eigenvalue weighted by atomic mass is 16.6. The molecule has 2 aliphatic carbocycles. The van der Waals surface area contributed by atoms with Gasteiger partial charge in [0, 0.05) is 40.3 Å². The van der Waals surface area contributed by atoms with Crippen molar-refractivity contribution < 1.29 is 19.1 Å². The van der Waals surface area contributed by atoms with Crippen molar-refractivity contribution in [2.24, 2.45) is 28.7 Å². The molecule has 3 aliphatic rings. The maximum absolute atomic E-state index is 12.7. The molecule has 166 valence electrons. The van der Waals surface area contributed by atoms with Gasteiger partial charge in [0.1, 0.15) is 5.60 Å². The maximum atomic E-state index is 12.7. The third-order valence-corrected chi connectivity index (χ3v) is 5.86. The smallest absolute Gasteiger partial charge is 0.410 e. The lowest BCUT2D eigenvalue weighted by atomic mass is 9.85. The van der Waals surface area contributed by atoms with E-state index in [2.05, 4.69) is 27.8 Å². The Hall–Kier alpha value is -2.58. The van der Waals surface area contributed by atoms with E-state index < -0.39 is 5.60 Å². The first-order valence-corrected chi connectivity index (χ1v) is 10.5. The summed E-state index contributed by atoms with van der Waals surface area (Å²) in [5, 5.41) is 6.25. The molecule has 3 amide bonds. The second-order valence-electron chi connectivity index (χ2n) is 9.16. The summed E-state index contributed by atoms with van der Waals surface area (Å²) in [6.45, 7) is 7.14. The molecule has 4 atom stereocenters. The van der Waals surface area contributed by atoms with Crippen LogP contribution in [0.2, 0.25) is 0 Å². The number of allylic oxidation sites excluding steroid dienone is 2. The van der Waals surface area contributed by atoms with Gasteiger partial charge in [0.25, 0.3) is 0 Å². The first-order chi connectivity index (χ1) is 14.1. The molecule has 0 aromatic rings. The highest BCUT2D eigenvalue weighted by Gasteiger charge is 2.58. The molecule has 1 aliphatic heterocycles. The number of guanidine groups is 1. The first-order valence-electron chi connectivity index (χ1n) is 10.5. The highest BCUT2D eigenvalue weighted by molar-refractivity contribution is 6.06. The van der Waals surface area contributed by atoms with Crippen LogP contribution in [0.4, 0.5) is 4.79 Å². The highest BCUT2D eigenvalue weighted by Crippen LogP contribution is 2.52. The van der Waals surface area contributed by atoms with E-state index in [1.165, 1.54) is 9.80 Å². The summed E-state index contributed by atoms with van der Waals surface area (Å²) in [6.07, 6.45) is 4.75. The molecule has 30 heavy (non-hydrogen) atoms. The molecule has 4 unspecified atom stereocenters. The quantitative estimate of drug-likeness (QED) is 0.286. The number of aliphatic imine (C=N–C) groups is 1. The van der Waals surface area contributed by atoms with Crippen LogP contribution in [0.1, 0.15) is 27.2 Å². The maximum Gasteiger partial charge on any atom is 0.410 e. The van der Waals surface area contributed by atoms with Gasteiger partial charge in [-0.15, -0.1) is 0 Å². The fraction of sp³-hybridized carbons (Fsp3) is 0.714. The number of nitrogens with zero attached hydrogens (tertiary/aromatic N) is 3. The fourth-order valence-corrected chi connectivity index (χ4v) is 4.46. The Bertz CT molecular complexity index is 727. The van der Waals surface area contributed by atoms with Gasteiger partial charge in [-0.1, -0.05) is 12.2 Å². The largest absolute Gasteiger partial charge is 0.444 e. The number of fused-ring (bicyclic) bond motifs is 5. The number of hydrogen-bond donors (Lipinski definition) is 2. The SMILES string of the molecule is CN=C(NCCN(C)C(=O)OC(C)(C)C)NCCN1C(=O)C2C3C=CC(C3)C2C1=O. The number of likely N-dealkylation sites (N-methyl/N-ethyl adjacent to an activating group) is 1. The summed E-state index contributed by atoms with van der Waals surface area (Å²) in [4.78, 5) is 44.4. The minimum absolute atomic E-state index is 0.0365. The Morgan fingerprint density at radius 1 is 1.17 bits per heavy atom. The third kappa shape index (κ3) is 4.60. The molecule has 0 radical (unpaired) electrons. The molecule has 2 bridgehead atoms. The summed E-state index contributed by atoms with van der Waals surface area (Å²) >= 11 is 0. The number of hydrogen-bond acceptors (Lipinski definition) is 5. The number of imide groups is 1. The molecule has 1 saturated carbocycles. The lowest BCUT2D eigenvalue weighted by molar-refractivity contribution is -0.140. The zero-order valence-electron chi connectivity index (χ0n) is 18.5. The van der Waals surface area contributed by atoms with Gasteiger partial charge >= 0.3 is 6.09 Å². The van der Waals surface area contributed by atoms with Crippen molar-refractivity contribution in [1.82, 2.24) is 20.4 Å². The number of ether oxygens (including phenoxy) is 1. The van der Waals surface area contributed by atoms with Crippen molar-refractivity contribution in [3.8, 4) is 0 Å². The molecule has 1 heterocycles. The minimum atomic E-state index is -0.533. The zero-order valence-corrected chi connectivity index (χ0v) is 18.5. The second kappa shape index (κ2) is 8.65. The van der Waals surface area contributed by atoms with Gasteiger partial charge in [-0.05, 0) is 39.0 Å². The summed E-state index contributed by atoms with van der Waals surface area (Å²) < 4.78 is 5.32. The molecule has 0 aromatic carbocycles. The van der Waals surface area contributed by atoms with E-state index in [0.29, 0.717) is 32.1 Å². The molecule has 1 saturated heterocycles. The van der Waals surface area contributed by atoms with E-state index in [0.717, 1.165) is 6.42 Å². The first kappa shape index (κ1) is 22.1. The molecule has 9 heteroatoms. The van der Waals surface area contributed by atoms with E-state index >= 15 is 0 Å². The number of likely N-dealkylation sites (tertiary alicyclic amines) is 1. The predicted molar refractivity (Wildman–Crippen MR) is 113 cm³/mol. The number of amides is 3. The van der Waals surface area contributed by atoms with Crippen LogP contribution in [0.3, 0.4) is 0 Å². The van der Waals surface area contributed by atoms with Crippen LogP contribution in [0.15, 0.2) is 17.1 Å². The lowest BCUT2D eigenvalue weighted by Crippen LogP contribution is -2.46. The number of carbonyl (C=O) groups is 3. The standard InChI is InChI=1S/C21H33N5O4/c1-21(2,3)30-20(29)25(5)10-8-23-19(22-4)24-9-11-26-17(27)15-13-6-7-14(12-13)16(15)18(26)28/h6-7,13-16H,8-12H2,1-5H3,(H2,22,23,24). The second-order valence-corrected chi connectivity index (χ2v) is 9.16. The average Bonchev–Trinajstić information content (AvgIpc) is 3.34. The molecule has 2 fully saturated rings. The minimum Gasteiger partial charge on any atom is -0.444 e. The number of nitrogens with one attached hydrogen (secondary N) is 2. The van der Waals surface area contributed by atoms with Gasteiger partial charge in [-0.2, -0.15) is 0 Å². The van der Waals surface area contributed by atoms with E-state index in [1.54, 1.807) is 14.1 Å². The molecule has 2 N–H and O–H groups in total. The van der Waals surface area contributed by atoms with Crippen LogP contribution < -0.4 is 10.6 Å². The summed E-state index contributed by atoms with van der Waals surface area (Å²) in [6, 6.07) is 0. The Labute approximate surface area is 177 Å². The molecule has 9 nitrogen and oxygen atoms in total. The average molecular weight is 420 g/mol. The van der Waals surface area contributed by atoms with Crippen molar-refractivity contribution in [3.05, 3.63) is 12.2 Å². The van der Waals surface area contributed by atoms with Crippen molar-refractivity contribution >= 4 is 23.9 Å². The summed E-state index contributed by atoms with van der Waals surface area (Å²) in [7, 11) is 3.32.